The first kappa shape index (κ1) is 43.5. The molecule has 0 aliphatic carbocycles. The minimum Gasteiger partial charge on any atom is -0.400 e. The summed E-state index contributed by atoms with van der Waals surface area (Å²) in [6.45, 7) is 0. The number of hydrogen-bond donors (Lipinski definition) is 3. The summed E-state index contributed by atoms with van der Waals surface area (Å²) in [6, 6.07) is 0. The Kier molecular flexibility index (Phi) is 917. The van der Waals surface area contributed by atoms with E-state index in [4.69, 9.17) is 15.3 Å². The van der Waals surface area contributed by atoms with Gasteiger partial charge in [-0.15, -0.1) is 0 Å². The quantitative estimate of drug-likeness (QED) is 0.433. The average Bonchev–Trinajstić information content (AvgIpc) is 1.81. The second-order valence-corrected chi connectivity index (χ2v) is 0. The summed E-state index contributed by atoms with van der Waals surface area (Å²) >= 11 is 0. The van der Waals surface area contributed by atoms with Gasteiger partial charge in [-0.2, -0.15) is 0 Å². The average molecular weight is 420 g/mol. The molecule has 9 heavy (non-hydrogen) atoms. The molecule has 0 heterocycles. The van der Waals surface area contributed by atoms with Gasteiger partial charge in [-0.25, -0.2) is 0 Å². The third-order valence-electron chi connectivity index (χ3n) is 0. The van der Waals surface area contributed by atoms with Crippen molar-refractivity contribution >= 4 is 0 Å². The fourth-order valence-corrected chi connectivity index (χ4v) is 0. The van der Waals surface area contributed by atoms with Crippen LogP contribution in [-0.4, -0.2) is 36.6 Å². The van der Waals surface area contributed by atoms with E-state index in [-0.39, 0.29) is 67.1 Å². The fraction of sp³-hybridized carbons (Fsp3) is 1.00. The molecule has 0 unspecified atom stereocenters. The molecule has 6 heteroatoms. The van der Waals surface area contributed by atoms with Crippen LogP contribution in [-0.2, 0) is 67.1 Å². The molecule has 0 atom stereocenters. The number of hydrogen-bond acceptors (Lipinski definition) is 3. The summed E-state index contributed by atoms with van der Waals surface area (Å²) in [4.78, 5) is 0. The van der Waals surface area contributed by atoms with Gasteiger partial charge in [0.05, 0.1) is 0 Å². The molecule has 0 rings (SSSR count). The maximum Gasteiger partial charge on any atom is 0.0319 e. The van der Waals surface area contributed by atoms with Crippen LogP contribution in [0.1, 0.15) is 0 Å². The molecule has 3 nitrogen and oxygen atoms in total. The number of aliphatic hydroxyl groups is 3. The van der Waals surface area contributed by atoms with Gasteiger partial charge < -0.3 is 15.3 Å². The second kappa shape index (κ2) is 190. The second-order valence-electron chi connectivity index (χ2n) is 0. The molecule has 0 aromatic carbocycles. The van der Waals surface area contributed by atoms with Crippen LogP contribution in [0.5, 0.6) is 0 Å². The molecule has 0 aliphatic rings. The SMILES string of the molecule is CO.CO.CO.[Ag].[Ag].[Ag]. The predicted octanol–water partition coefficient (Wildman–Crippen LogP) is -1.18. The van der Waals surface area contributed by atoms with Crippen molar-refractivity contribution < 1.29 is 82.5 Å². The normalized spacial score (nSPS) is 2.00. The first-order valence-electron chi connectivity index (χ1n) is 1.34. The van der Waals surface area contributed by atoms with Crippen molar-refractivity contribution in [3.8, 4) is 0 Å². The van der Waals surface area contributed by atoms with Crippen molar-refractivity contribution in [2.75, 3.05) is 21.3 Å². The molecule has 0 fully saturated rings. The predicted molar refractivity (Wildman–Crippen MR) is 24.4 cm³/mol. The van der Waals surface area contributed by atoms with E-state index in [0.29, 0.717) is 0 Å². The Balaban J connectivity index is -0.00000000321. The summed E-state index contributed by atoms with van der Waals surface area (Å²) in [5, 5.41) is 21.0. The van der Waals surface area contributed by atoms with Crippen LogP contribution >= 0.6 is 0 Å². The van der Waals surface area contributed by atoms with Crippen molar-refractivity contribution in [2.45, 2.75) is 0 Å². The maximum atomic E-state index is 7.00. The van der Waals surface area contributed by atoms with Gasteiger partial charge in [-0.05, 0) is 0 Å². The van der Waals surface area contributed by atoms with Gasteiger partial charge in [0.15, 0.2) is 0 Å². The van der Waals surface area contributed by atoms with E-state index in [0.717, 1.165) is 21.3 Å². The maximum absolute atomic E-state index is 7.00. The van der Waals surface area contributed by atoms with Gasteiger partial charge >= 0.3 is 0 Å². The summed E-state index contributed by atoms with van der Waals surface area (Å²) in [6.07, 6.45) is 0. The summed E-state index contributed by atoms with van der Waals surface area (Å²) in [5.41, 5.74) is 0. The Morgan fingerprint density at radius 3 is 0.444 bits per heavy atom. The molecule has 3 N–H and O–H groups in total. The van der Waals surface area contributed by atoms with Crippen LogP contribution < -0.4 is 0 Å². The Morgan fingerprint density at radius 2 is 0.444 bits per heavy atom. The van der Waals surface area contributed by atoms with Gasteiger partial charge in [0.1, 0.15) is 0 Å². The molecule has 0 saturated carbocycles. The van der Waals surface area contributed by atoms with E-state index in [2.05, 4.69) is 0 Å². The molecular weight excluding hydrogens is 408 g/mol. The molecule has 0 spiro atoms. The first-order chi connectivity index (χ1) is 3.00. The monoisotopic (exact) mass is 417 g/mol. The molecule has 0 aliphatic heterocycles. The summed E-state index contributed by atoms with van der Waals surface area (Å²) in [7, 11) is 3.00. The fourth-order valence-electron chi connectivity index (χ4n) is 0. The molecule has 3 radical (unpaired) electrons. The largest absolute Gasteiger partial charge is 0.400 e. The third kappa shape index (κ3) is 150. The third-order valence-corrected chi connectivity index (χ3v) is 0. The van der Waals surface area contributed by atoms with Crippen molar-refractivity contribution in [3.63, 3.8) is 0 Å². The van der Waals surface area contributed by atoms with E-state index in [1.807, 2.05) is 0 Å². The van der Waals surface area contributed by atoms with E-state index in [9.17, 15) is 0 Å². The Hall–Kier alpha value is 2.10. The zero-order chi connectivity index (χ0) is 6.00. The number of aliphatic hydroxyl groups excluding tert-OH is 3. The standard InChI is InChI=1S/3CH4O.3Ag/c3*1-2;;;/h3*2H,1H3;;;. The Bertz CT molecular complexity index is 14.3. The van der Waals surface area contributed by atoms with Gasteiger partial charge in [0.2, 0.25) is 0 Å². The molecule has 75 valence electrons. The molecule has 0 saturated heterocycles. The van der Waals surface area contributed by atoms with E-state index in [1.165, 1.54) is 0 Å². The van der Waals surface area contributed by atoms with Gasteiger partial charge in [0, 0.05) is 88.5 Å². The van der Waals surface area contributed by atoms with E-state index >= 15 is 0 Å². The van der Waals surface area contributed by atoms with Gasteiger partial charge in [-0.3, -0.25) is 0 Å². The summed E-state index contributed by atoms with van der Waals surface area (Å²) in [5.74, 6) is 0. The van der Waals surface area contributed by atoms with Crippen molar-refractivity contribution in [1.82, 2.24) is 0 Å². The zero-order valence-corrected chi connectivity index (χ0v) is 9.69. The summed E-state index contributed by atoms with van der Waals surface area (Å²) < 4.78 is 0. The minimum atomic E-state index is 0. The van der Waals surface area contributed by atoms with Crippen LogP contribution in [0.2, 0.25) is 0 Å². The van der Waals surface area contributed by atoms with Crippen molar-refractivity contribution in [3.05, 3.63) is 0 Å². The van der Waals surface area contributed by atoms with E-state index in [1.54, 1.807) is 0 Å². The zero-order valence-electron chi connectivity index (χ0n) is 5.25. The van der Waals surface area contributed by atoms with Crippen LogP contribution in [0, 0.1) is 0 Å². The molecule has 0 amide bonds. The van der Waals surface area contributed by atoms with Crippen LogP contribution in [0.25, 0.3) is 0 Å². The molecular formula is C3H12Ag3O3. The van der Waals surface area contributed by atoms with Crippen molar-refractivity contribution in [2.24, 2.45) is 0 Å². The van der Waals surface area contributed by atoms with Crippen LogP contribution in [0.15, 0.2) is 0 Å². The van der Waals surface area contributed by atoms with Gasteiger partial charge in [-0.1, -0.05) is 0 Å². The van der Waals surface area contributed by atoms with Crippen molar-refractivity contribution in [1.29, 1.82) is 0 Å². The first-order valence-corrected chi connectivity index (χ1v) is 1.34. The van der Waals surface area contributed by atoms with Crippen LogP contribution in [0.4, 0.5) is 0 Å². The number of rotatable bonds is 0. The van der Waals surface area contributed by atoms with Crippen LogP contribution in [0.3, 0.4) is 0 Å². The van der Waals surface area contributed by atoms with E-state index < -0.39 is 0 Å². The molecule has 0 aromatic heterocycles. The van der Waals surface area contributed by atoms with Gasteiger partial charge in [0.25, 0.3) is 0 Å². The Morgan fingerprint density at radius 1 is 0.444 bits per heavy atom. The molecule has 0 aromatic rings. The topological polar surface area (TPSA) is 60.7 Å². The smallest absolute Gasteiger partial charge is 0.0319 e. The minimum absolute atomic E-state index is 0. The Labute approximate surface area is 103 Å². The molecule has 0 bridgehead atoms.